The second kappa shape index (κ2) is 13.9. The molecule has 2 heterocycles. The summed E-state index contributed by atoms with van der Waals surface area (Å²) in [6, 6.07) is 24.8. The fraction of sp³-hybridized carbons (Fsp3) is 0.114. The summed E-state index contributed by atoms with van der Waals surface area (Å²) in [5.41, 5.74) is 3.03. The van der Waals surface area contributed by atoms with Gasteiger partial charge < -0.3 is 9.88 Å². The number of rotatable bonds is 7. The lowest BCUT2D eigenvalue weighted by atomic mass is 9.99. The molecular weight excluding hydrogens is 724 g/mol. The Morgan fingerprint density at radius 2 is 1.40 bits per heavy atom. The number of hydrogen-bond donors (Lipinski definition) is 1. The van der Waals surface area contributed by atoms with Gasteiger partial charge in [0, 0.05) is 58.1 Å². The van der Waals surface area contributed by atoms with Crippen molar-refractivity contribution in [1.29, 1.82) is 0 Å². The Bertz CT molecular complexity index is 2370. The van der Waals surface area contributed by atoms with Crippen LogP contribution < -0.4 is 10.9 Å². The predicted octanol–water partition coefficient (Wildman–Crippen LogP) is 7.57. The lowest BCUT2D eigenvalue weighted by Crippen LogP contribution is -2.22. The molecule has 0 bridgehead atoms. The molecule has 0 atom stereocenters. The molecule has 8 nitrogen and oxygen atoms in total. The molecule has 0 spiro atoms. The number of fused-ring (bicyclic) bond motifs is 1. The van der Waals surface area contributed by atoms with E-state index in [0.717, 1.165) is 20.3 Å². The van der Waals surface area contributed by atoms with Gasteiger partial charge >= 0.3 is 0 Å². The SMILES string of the molecule is Cc1ccc(S(=O)(=O)n2ccc3c(-c4cc(CS(C)(=O)=O)ccc4Nc4ccc(F)cc4)cn(C)c(=O)c32)cc1.Fc1ccc(Br)cc1. The van der Waals surface area contributed by atoms with E-state index in [-0.39, 0.29) is 22.0 Å². The molecule has 0 aliphatic rings. The number of nitrogens with one attached hydrogen (secondary N) is 1. The molecule has 248 valence electrons. The molecule has 13 heteroatoms. The van der Waals surface area contributed by atoms with Crippen LogP contribution in [0.2, 0.25) is 0 Å². The van der Waals surface area contributed by atoms with Crippen LogP contribution in [0, 0.1) is 18.6 Å². The maximum Gasteiger partial charge on any atom is 0.275 e. The summed E-state index contributed by atoms with van der Waals surface area (Å²) in [5, 5.41) is 3.60. The van der Waals surface area contributed by atoms with Crippen LogP contribution in [0.15, 0.2) is 124 Å². The maximum atomic E-state index is 13.6. The minimum Gasteiger partial charge on any atom is -0.355 e. The lowest BCUT2D eigenvalue weighted by molar-refractivity contribution is 0.588. The highest BCUT2D eigenvalue weighted by Crippen LogP contribution is 2.36. The van der Waals surface area contributed by atoms with Crippen LogP contribution in [0.1, 0.15) is 11.1 Å². The van der Waals surface area contributed by atoms with E-state index in [1.165, 1.54) is 54.2 Å². The molecule has 0 saturated carbocycles. The summed E-state index contributed by atoms with van der Waals surface area (Å²) in [5.74, 6) is -0.812. The van der Waals surface area contributed by atoms with Gasteiger partial charge in [-0.3, -0.25) is 4.79 Å². The largest absolute Gasteiger partial charge is 0.355 e. The molecular formula is C35H30BrF2N3O5S2. The molecule has 1 N–H and O–H groups in total. The summed E-state index contributed by atoms with van der Waals surface area (Å²) >= 11 is 3.18. The molecule has 0 radical (unpaired) electrons. The Balaban J connectivity index is 0.000000494. The van der Waals surface area contributed by atoms with Crippen LogP contribution in [0.3, 0.4) is 0 Å². The van der Waals surface area contributed by atoms with Gasteiger partial charge in [0.1, 0.15) is 17.2 Å². The zero-order chi connectivity index (χ0) is 34.8. The Morgan fingerprint density at radius 1 is 0.792 bits per heavy atom. The highest BCUT2D eigenvalue weighted by Gasteiger charge is 2.24. The van der Waals surface area contributed by atoms with E-state index in [1.54, 1.807) is 66.9 Å². The van der Waals surface area contributed by atoms with Gasteiger partial charge in [0.15, 0.2) is 9.84 Å². The molecule has 0 aliphatic carbocycles. The van der Waals surface area contributed by atoms with Crippen molar-refractivity contribution in [2.75, 3.05) is 11.6 Å². The van der Waals surface area contributed by atoms with Crippen LogP contribution in [-0.2, 0) is 32.7 Å². The number of aromatic nitrogens is 2. The highest BCUT2D eigenvalue weighted by atomic mass is 79.9. The van der Waals surface area contributed by atoms with Gasteiger partial charge in [-0.05, 0) is 91.3 Å². The maximum absolute atomic E-state index is 13.6. The minimum atomic E-state index is -4.10. The van der Waals surface area contributed by atoms with Crippen molar-refractivity contribution < 1.29 is 25.6 Å². The van der Waals surface area contributed by atoms with Crippen molar-refractivity contribution in [2.45, 2.75) is 17.6 Å². The number of pyridine rings is 1. The Kier molecular flexibility index (Phi) is 10.0. The number of nitrogens with zero attached hydrogens (tertiary/aromatic N) is 2. The van der Waals surface area contributed by atoms with Crippen LogP contribution >= 0.6 is 15.9 Å². The van der Waals surface area contributed by atoms with E-state index in [1.807, 2.05) is 6.92 Å². The van der Waals surface area contributed by atoms with Crippen molar-refractivity contribution in [2.24, 2.45) is 7.05 Å². The van der Waals surface area contributed by atoms with Crippen molar-refractivity contribution in [3.63, 3.8) is 0 Å². The smallest absolute Gasteiger partial charge is 0.275 e. The summed E-state index contributed by atoms with van der Waals surface area (Å²) in [4.78, 5) is 13.4. The van der Waals surface area contributed by atoms with Gasteiger partial charge in [-0.1, -0.05) is 39.7 Å². The highest BCUT2D eigenvalue weighted by molar-refractivity contribution is 9.10. The number of anilines is 2. The van der Waals surface area contributed by atoms with E-state index in [0.29, 0.717) is 33.5 Å². The quantitative estimate of drug-likeness (QED) is 0.180. The Labute approximate surface area is 285 Å². The minimum absolute atomic E-state index is 0.0388. The van der Waals surface area contributed by atoms with Crippen molar-refractivity contribution >= 4 is 58.1 Å². The first kappa shape index (κ1) is 34.7. The van der Waals surface area contributed by atoms with Crippen molar-refractivity contribution in [3.8, 4) is 11.1 Å². The second-order valence-electron chi connectivity index (χ2n) is 11.2. The van der Waals surface area contributed by atoms with Crippen LogP contribution in [0.25, 0.3) is 22.0 Å². The molecule has 2 aromatic heterocycles. The Morgan fingerprint density at radius 3 is 1.98 bits per heavy atom. The summed E-state index contributed by atoms with van der Waals surface area (Å²) in [6.07, 6.45) is 4.07. The van der Waals surface area contributed by atoms with Crippen LogP contribution in [0.5, 0.6) is 0 Å². The zero-order valence-electron chi connectivity index (χ0n) is 26.0. The first-order valence-electron chi connectivity index (χ1n) is 14.4. The fourth-order valence-electron chi connectivity index (χ4n) is 5.00. The molecule has 0 unspecified atom stereocenters. The monoisotopic (exact) mass is 753 g/mol. The molecule has 0 amide bonds. The van der Waals surface area contributed by atoms with Gasteiger partial charge in [0.25, 0.3) is 15.6 Å². The zero-order valence-corrected chi connectivity index (χ0v) is 29.2. The Hall–Kier alpha value is -4.59. The standard InChI is InChI=1S/C29H26FN3O5S2.C6H4BrF/c1-19-4-11-23(12-5-19)40(37,38)33-15-14-24-26(17-32(2)29(34)28(24)33)25-16-20(18-39(3,35)36)6-13-27(25)31-22-9-7-21(30)8-10-22;7-5-1-3-6(8)4-2-5/h4-17,31H,18H2,1-3H3;1-4H. The first-order chi connectivity index (χ1) is 22.6. The summed E-state index contributed by atoms with van der Waals surface area (Å²) < 4.78 is 80.1. The fourth-order valence-corrected chi connectivity index (χ4v) is 7.40. The van der Waals surface area contributed by atoms with E-state index >= 15 is 0 Å². The number of halogens is 3. The lowest BCUT2D eigenvalue weighted by Gasteiger charge is -2.16. The summed E-state index contributed by atoms with van der Waals surface area (Å²) in [7, 11) is -5.94. The van der Waals surface area contributed by atoms with Gasteiger partial charge in [-0.25, -0.2) is 29.6 Å². The number of hydrogen-bond acceptors (Lipinski definition) is 6. The molecule has 48 heavy (non-hydrogen) atoms. The molecule has 0 saturated heterocycles. The molecule has 6 aromatic rings. The van der Waals surface area contributed by atoms with Crippen molar-refractivity contribution in [3.05, 3.63) is 147 Å². The molecule has 0 aliphatic heterocycles. The van der Waals surface area contributed by atoms with E-state index in [9.17, 15) is 30.4 Å². The van der Waals surface area contributed by atoms with E-state index < -0.39 is 31.2 Å². The molecule has 4 aromatic carbocycles. The first-order valence-corrected chi connectivity index (χ1v) is 18.7. The second-order valence-corrected chi connectivity index (χ2v) is 16.0. The third-order valence-electron chi connectivity index (χ3n) is 7.30. The molecule has 6 rings (SSSR count). The van der Waals surface area contributed by atoms with Crippen LogP contribution in [-0.4, -0.2) is 31.6 Å². The molecule has 0 fully saturated rings. The van der Waals surface area contributed by atoms with E-state index in [2.05, 4.69) is 21.2 Å². The van der Waals surface area contributed by atoms with Gasteiger partial charge in [0.05, 0.1) is 10.6 Å². The number of sulfone groups is 1. The van der Waals surface area contributed by atoms with Crippen molar-refractivity contribution in [1.82, 2.24) is 8.54 Å². The van der Waals surface area contributed by atoms with E-state index in [4.69, 9.17) is 0 Å². The third-order valence-corrected chi connectivity index (χ3v) is 10.4. The average Bonchev–Trinajstić information content (AvgIpc) is 3.49. The van der Waals surface area contributed by atoms with Gasteiger partial charge in [0.2, 0.25) is 0 Å². The average molecular weight is 755 g/mol. The third kappa shape index (κ3) is 7.92. The topological polar surface area (TPSA) is 107 Å². The normalized spacial score (nSPS) is 11.6. The van der Waals surface area contributed by atoms with Gasteiger partial charge in [-0.2, -0.15) is 0 Å². The van der Waals surface area contributed by atoms with Crippen LogP contribution in [0.4, 0.5) is 20.2 Å². The summed E-state index contributed by atoms with van der Waals surface area (Å²) in [6.45, 7) is 1.85. The number of aryl methyl sites for hydroxylation is 2. The number of benzene rings is 4. The van der Waals surface area contributed by atoms with Gasteiger partial charge in [-0.15, -0.1) is 0 Å². The predicted molar refractivity (Wildman–Crippen MR) is 189 cm³/mol.